The Bertz CT molecular complexity index is 383. The minimum absolute atomic E-state index is 0.755. The third-order valence-corrected chi connectivity index (χ3v) is 4.27. The molecule has 2 N–H and O–H groups in total. The van der Waals surface area contributed by atoms with Gasteiger partial charge in [0.05, 0.1) is 0 Å². The molecule has 0 aromatic heterocycles. The van der Waals surface area contributed by atoms with Crippen LogP contribution < -0.4 is 5.73 Å². The third kappa shape index (κ3) is 1.19. The van der Waals surface area contributed by atoms with Crippen LogP contribution in [0.4, 0.5) is 0 Å². The lowest BCUT2D eigenvalue weighted by molar-refractivity contribution is 0.879. The molecular formula is C14H19N. The number of nitrogens with two attached hydrogens (primary N) is 1. The van der Waals surface area contributed by atoms with E-state index in [0.29, 0.717) is 0 Å². The molecule has 1 heteroatoms. The zero-order valence-electron chi connectivity index (χ0n) is 9.53. The first-order valence-electron chi connectivity index (χ1n) is 6.18. The van der Waals surface area contributed by atoms with Gasteiger partial charge in [-0.2, -0.15) is 0 Å². The summed E-state index contributed by atoms with van der Waals surface area (Å²) in [6.45, 7) is 3.08. The Morgan fingerprint density at radius 3 is 1.80 bits per heavy atom. The molecule has 0 radical (unpaired) electrons. The van der Waals surface area contributed by atoms with Crippen molar-refractivity contribution in [3.63, 3.8) is 0 Å². The van der Waals surface area contributed by atoms with Gasteiger partial charge >= 0.3 is 0 Å². The van der Waals surface area contributed by atoms with E-state index in [4.69, 9.17) is 5.73 Å². The molecule has 0 heterocycles. The summed E-state index contributed by atoms with van der Waals surface area (Å²) < 4.78 is 0. The molecule has 0 fully saturated rings. The second-order valence-corrected chi connectivity index (χ2v) is 4.93. The average Bonchev–Trinajstić information content (AvgIpc) is 2.85. The van der Waals surface area contributed by atoms with E-state index < -0.39 is 0 Å². The zero-order valence-corrected chi connectivity index (χ0v) is 9.53. The standard InChI is InChI=1S/C14H19N/c1-9-10-4-2-6-12(10)14(8-15)13-7-3-5-11(9)13/h2-8,15H2,1H3. The Morgan fingerprint density at radius 2 is 1.33 bits per heavy atom. The van der Waals surface area contributed by atoms with Crippen molar-refractivity contribution >= 4 is 0 Å². The van der Waals surface area contributed by atoms with Crippen LogP contribution in [0.3, 0.4) is 0 Å². The lowest BCUT2D eigenvalue weighted by Gasteiger charge is -2.16. The third-order valence-electron chi connectivity index (χ3n) is 4.27. The first-order chi connectivity index (χ1) is 7.33. The summed E-state index contributed by atoms with van der Waals surface area (Å²) in [5, 5.41) is 0. The maximum absolute atomic E-state index is 5.95. The summed E-state index contributed by atoms with van der Waals surface area (Å²) in [4.78, 5) is 0. The summed E-state index contributed by atoms with van der Waals surface area (Å²) in [7, 11) is 0. The smallest absolute Gasteiger partial charge is 0.0183 e. The van der Waals surface area contributed by atoms with Crippen molar-refractivity contribution in [1.29, 1.82) is 0 Å². The van der Waals surface area contributed by atoms with Crippen molar-refractivity contribution in [2.24, 2.45) is 5.73 Å². The SMILES string of the molecule is Cc1c2c(c(CN)c3c1CCC3)CCC2. The number of rotatable bonds is 1. The quantitative estimate of drug-likeness (QED) is 0.742. The highest BCUT2D eigenvalue weighted by atomic mass is 14.5. The molecule has 0 saturated carbocycles. The molecule has 0 amide bonds. The van der Waals surface area contributed by atoms with Gasteiger partial charge < -0.3 is 5.73 Å². The molecule has 1 nitrogen and oxygen atoms in total. The van der Waals surface area contributed by atoms with Crippen LogP contribution >= 0.6 is 0 Å². The maximum Gasteiger partial charge on any atom is 0.0183 e. The molecule has 80 valence electrons. The van der Waals surface area contributed by atoms with Crippen LogP contribution in [0.15, 0.2) is 0 Å². The van der Waals surface area contributed by atoms with Crippen LogP contribution in [-0.4, -0.2) is 0 Å². The van der Waals surface area contributed by atoms with Gasteiger partial charge in [-0.05, 0) is 78.8 Å². The Labute approximate surface area is 91.7 Å². The molecule has 0 aliphatic heterocycles. The molecule has 2 aliphatic rings. The van der Waals surface area contributed by atoms with Crippen LogP contribution in [0.5, 0.6) is 0 Å². The summed E-state index contributed by atoms with van der Waals surface area (Å²) in [5.41, 5.74) is 15.6. The van der Waals surface area contributed by atoms with Crippen molar-refractivity contribution in [3.8, 4) is 0 Å². The van der Waals surface area contributed by atoms with E-state index in [1.807, 2.05) is 0 Å². The number of fused-ring (bicyclic) bond motifs is 2. The van der Waals surface area contributed by atoms with Crippen molar-refractivity contribution < 1.29 is 0 Å². The van der Waals surface area contributed by atoms with E-state index >= 15 is 0 Å². The fourth-order valence-electron chi connectivity index (χ4n) is 3.59. The summed E-state index contributed by atoms with van der Waals surface area (Å²) in [6, 6.07) is 0. The Morgan fingerprint density at radius 1 is 0.867 bits per heavy atom. The molecule has 0 atom stereocenters. The lowest BCUT2D eigenvalue weighted by Crippen LogP contribution is -2.08. The highest BCUT2D eigenvalue weighted by Gasteiger charge is 2.25. The van der Waals surface area contributed by atoms with Gasteiger partial charge in [0.2, 0.25) is 0 Å². The van der Waals surface area contributed by atoms with E-state index in [1.54, 1.807) is 27.8 Å². The van der Waals surface area contributed by atoms with E-state index in [9.17, 15) is 0 Å². The molecule has 0 spiro atoms. The number of hydrogen-bond donors (Lipinski definition) is 1. The van der Waals surface area contributed by atoms with E-state index in [1.165, 1.54) is 44.1 Å². The molecule has 3 rings (SSSR count). The van der Waals surface area contributed by atoms with Gasteiger partial charge in [-0.3, -0.25) is 0 Å². The van der Waals surface area contributed by atoms with Gasteiger partial charge in [0, 0.05) is 6.54 Å². The van der Waals surface area contributed by atoms with E-state index in [-0.39, 0.29) is 0 Å². The predicted molar refractivity (Wildman–Crippen MR) is 63.1 cm³/mol. The minimum atomic E-state index is 0.755. The molecule has 0 saturated heterocycles. The van der Waals surface area contributed by atoms with Gasteiger partial charge in [-0.15, -0.1) is 0 Å². The average molecular weight is 201 g/mol. The molecule has 1 aromatic rings. The molecule has 0 unspecified atom stereocenters. The highest BCUT2D eigenvalue weighted by molar-refractivity contribution is 5.54. The molecule has 15 heavy (non-hydrogen) atoms. The fraction of sp³-hybridized carbons (Fsp3) is 0.571. The van der Waals surface area contributed by atoms with Crippen LogP contribution in [0.1, 0.15) is 46.2 Å². The summed E-state index contributed by atoms with van der Waals surface area (Å²) in [6.07, 6.45) is 7.81. The first-order valence-corrected chi connectivity index (χ1v) is 6.18. The first kappa shape index (κ1) is 9.41. The Balaban J connectivity index is 2.31. The van der Waals surface area contributed by atoms with Crippen LogP contribution in [0.25, 0.3) is 0 Å². The van der Waals surface area contributed by atoms with Crippen molar-refractivity contribution in [2.75, 3.05) is 0 Å². The topological polar surface area (TPSA) is 26.0 Å². The monoisotopic (exact) mass is 201 g/mol. The minimum Gasteiger partial charge on any atom is -0.326 e. The summed E-state index contributed by atoms with van der Waals surface area (Å²) >= 11 is 0. The maximum atomic E-state index is 5.95. The van der Waals surface area contributed by atoms with Gasteiger partial charge in [0.25, 0.3) is 0 Å². The van der Waals surface area contributed by atoms with Crippen molar-refractivity contribution in [2.45, 2.75) is 52.0 Å². The molecule has 2 aliphatic carbocycles. The number of hydrogen-bond acceptors (Lipinski definition) is 1. The summed E-state index contributed by atoms with van der Waals surface area (Å²) in [5.74, 6) is 0. The Hall–Kier alpha value is -0.820. The van der Waals surface area contributed by atoms with E-state index in [2.05, 4.69) is 6.92 Å². The van der Waals surface area contributed by atoms with Gasteiger partial charge in [-0.25, -0.2) is 0 Å². The second kappa shape index (κ2) is 3.34. The lowest BCUT2D eigenvalue weighted by atomic mass is 9.90. The number of benzene rings is 1. The molecule has 0 bridgehead atoms. The van der Waals surface area contributed by atoms with Gasteiger partial charge in [0.15, 0.2) is 0 Å². The fourth-order valence-corrected chi connectivity index (χ4v) is 3.59. The molecule has 1 aromatic carbocycles. The second-order valence-electron chi connectivity index (χ2n) is 4.93. The van der Waals surface area contributed by atoms with Crippen molar-refractivity contribution in [3.05, 3.63) is 33.4 Å². The van der Waals surface area contributed by atoms with Crippen LogP contribution in [0.2, 0.25) is 0 Å². The largest absolute Gasteiger partial charge is 0.326 e. The van der Waals surface area contributed by atoms with Gasteiger partial charge in [-0.1, -0.05) is 0 Å². The predicted octanol–water partition coefficient (Wildman–Crippen LogP) is 2.43. The van der Waals surface area contributed by atoms with Crippen molar-refractivity contribution in [1.82, 2.24) is 0 Å². The van der Waals surface area contributed by atoms with Gasteiger partial charge in [0.1, 0.15) is 0 Å². The molecular weight excluding hydrogens is 182 g/mol. The highest BCUT2D eigenvalue weighted by Crippen LogP contribution is 2.37. The zero-order chi connectivity index (χ0) is 10.4. The van der Waals surface area contributed by atoms with E-state index in [0.717, 1.165) is 6.54 Å². The van der Waals surface area contributed by atoms with Crippen LogP contribution in [0, 0.1) is 6.92 Å². The van der Waals surface area contributed by atoms with Crippen LogP contribution in [-0.2, 0) is 32.2 Å². The Kier molecular flexibility index (Phi) is 2.10. The normalized spacial score (nSPS) is 18.0.